The van der Waals surface area contributed by atoms with Gasteiger partial charge < -0.3 is 40.3 Å². The number of halogens is 3. The molecule has 8 aliphatic rings. The summed E-state index contributed by atoms with van der Waals surface area (Å²) in [5.41, 5.74) is 9.64. The third kappa shape index (κ3) is 17.5. The van der Waals surface area contributed by atoms with Gasteiger partial charge in [-0.15, -0.1) is 0 Å². The second kappa shape index (κ2) is 34.9. The van der Waals surface area contributed by atoms with E-state index < -0.39 is 17.5 Å². The number of rotatable bonds is 16. The second-order valence-electron chi connectivity index (χ2n) is 32.4. The highest BCUT2D eigenvalue weighted by molar-refractivity contribution is 6.03. The van der Waals surface area contributed by atoms with Gasteiger partial charge in [0, 0.05) is 98.8 Å². The number of ether oxygens (including phenoxy) is 1. The molecule has 8 fully saturated rings. The number of carbonyl (C=O) groups is 4. The van der Waals surface area contributed by atoms with Crippen LogP contribution in [0.1, 0.15) is 132 Å². The standard InChI is InChI=1S/C23H23N5O2.2C22H22FN7O.C21H20FN7O/c1-14-4-5-20(27-12-14)30-19-11-16-10-18(19)28(13-16)23(29)21-15(2)24-9-6-17(21)22-25-7-3-8-26-22;1-12-3-16(20(26-6-12)21-27-8-15(23)9-28-21)22(31)30-11-14-4-17(18(30)5-14)29-19-10-24-13(2)7-25-19;1-12-3-4-16(20(28-12)21-26-8-15(23)9-27-21)22(31)30-11-14-5-17(18(30)6-14)29-19-10-24-13(2)7-25-19;1-12-7-25-18(10-24-12)28-16-5-13-6-17(16)29(11-13)21(30)15-3-2-4-23-19(15)20-26-8-14(22)9-27-20/h3-9,12,16,18-19H,10-11,13H2,1-2H3;3,6-10,14,17-18H,4-5,11H2,1-2H3,(H,25,29);3-4,7-10,14,17-18H,5-6,11H2,1-2H3,(H,25,29);2-4,7-10,13,16-17H,5-6,11H2,1H3,(H,25,28). The Morgan fingerprint density at radius 3 is 1.26 bits per heavy atom. The monoisotopic (exact) mass is 1640 g/mol. The lowest BCUT2D eigenvalue weighted by Crippen LogP contribution is -2.48. The number of likely N-dealkylation sites (tertiary alicyclic amines) is 4. The third-order valence-electron chi connectivity index (χ3n) is 23.6. The number of carbonyl (C=O) groups excluding carboxylic acids is 4. The maximum absolute atomic E-state index is 13.7. The molecule has 12 aromatic rings. The van der Waals surface area contributed by atoms with Gasteiger partial charge in [0.2, 0.25) is 5.88 Å². The predicted octanol–water partition coefficient (Wildman–Crippen LogP) is 11.3. The lowest BCUT2D eigenvalue weighted by molar-refractivity contribution is 0.0465. The molecule has 20 rings (SSSR count). The molecule has 0 spiro atoms. The summed E-state index contributed by atoms with van der Waals surface area (Å²) in [4.78, 5) is 143. The summed E-state index contributed by atoms with van der Waals surface area (Å²) in [6.07, 6.45) is 34.6. The van der Waals surface area contributed by atoms with Crippen LogP contribution >= 0.6 is 0 Å². The highest BCUT2D eigenvalue weighted by atomic mass is 19.1. The van der Waals surface area contributed by atoms with Gasteiger partial charge in [0.15, 0.2) is 40.7 Å². The van der Waals surface area contributed by atoms with E-state index in [1.165, 1.54) is 0 Å². The van der Waals surface area contributed by atoms with Gasteiger partial charge in [-0.25, -0.2) is 78.0 Å². The second-order valence-corrected chi connectivity index (χ2v) is 32.4. The number of hydrogen-bond donors (Lipinski definition) is 3. The van der Waals surface area contributed by atoms with Crippen LogP contribution in [0.5, 0.6) is 5.88 Å². The summed E-state index contributed by atoms with van der Waals surface area (Å²) in [5, 5.41) is 10.3. The Morgan fingerprint density at radius 1 is 0.352 bits per heavy atom. The molecule has 4 saturated carbocycles. The van der Waals surface area contributed by atoms with Crippen molar-refractivity contribution in [1.29, 1.82) is 0 Å². The van der Waals surface area contributed by atoms with Gasteiger partial charge in [-0.3, -0.25) is 49.1 Å². The van der Waals surface area contributed by atoms with E-state index in [1.54, 1.807) is 111 Å². The van der Waals surface area contributed by atoms with E-state index >= 15 is 0 Å². The summed E-state index contributed by atoms with van der Waals surface area (Å²) in [7, 11) is 0. The first-order chi connectivity index (χ1) is 59.1. The fourth-order valence-corrected chi connectivity index (χ4v) is 18.2. The highest BCUT2D eigenvalue weighted by Gasteiger charge is 2.52. The number of fused-ring (bicyclic) bond motifs is 8. The van der Waals surface area contributed by atoms with E-state index in [2.05, 4.69) is 111 Å². The minimum absolute atomic E-state index is 0.0271. The lowest BCUT2D eigenvalue weighted by atomic mass is 10.0. The van der Waals surface area contributed by atoms with Gasteiger partial charge in [-0.1, -0.05) is 6.07 Å². The molecule has 16 heterocycles. The van der Waals surface area contributed by atoms with E-state index in [1.807, 2.05) is 86.3 Å². The molecule has 4 aliphatic carbocycles. The Bertz CT molecular complexity index is 5810. The Labute approximate surface area is 700 Å². The maximum atomic E-state index is 13.7. The van der Waals surface area contributed by atoms with Crippen molar-refractivity contribution in [1.82, 2.24) is 114 Å². The quantitative estimate of drug-likeness (QED) is 0.0809. The molecule has 31 nitrogen and oxygen atoms in total. The van der Waals surface area contributed by atoms with E-state index in [9.17, 15) is 32.3 Å². The molecule has 12 unspecified atom stereocenters. The average Bonchev–Trinajstić information content (AvgIpc) is 1.62. The molecule has 620 valence electrons. The molecule has 0 aromatic carbocycles. The van der Waals surface area contributed by atoms with Crippen LogP contribution in [0.25, 0.3) is 45.9 Å². The number of pyridine rings is 5. The molecule has 122 heavy (non-hydrogen) atoms. The average molecular weight is 1650 g/mol. The number of nitrogens with one attached hydrogen (secondary N) is 3. The smallest absolute Gasteiger partial charge is 0.256 e. The van der Waals surface area contributed by atoms with Crippen molar-refractivity contribution in [3.8, 4) is 51.8 Å². The van der Waals surface area contributed by atoms with Crippen molar-refractivity contribution in [3.05, 3.63) is 245 Å². The minimum Gasteiger partial charge on any atom is -0.472 e. The number of nitrogens with zero attached hydrogens (tertiary/aromatic N) is 23. The Morgan fingerprint density at radius 2 is 0.795 bits per heavy atom. The lowest BCUT2D eigenvalue weighted by Gasteiger charge is -2.34. The zero-order valence-corrected chi connectivity index (χ0v) is 68.0. The van der Waals surface area contributed by atoms with Crippen LogP contribution in [0.2, 0.25) is 0 Å². The van der Waals surface area contributed by atoms with Crippen molar-refractivity contribution in [3.63, 3.8) is 0 Å². The summed E-state index contributed by atoms with van der Waals surface area (Å²) < 4.78 is 46.0. The minimum atomic E-state index is -0.535. The van der Waals surface area contributed by atoms with Crippen molar-refractivity contribution in [2.24, 2.45) is 23.7 Å². The maximum Gasteiger partial charge on any atom is 0.256 e. The van der Waals surface area contributed by atoms with E-state index in [4.69, 9.17) is 4.74 Å². The molecule has 8 bridgehead atoms. The normalized spacial score (nSPS) is 22.2. The summed E-state index contributed by atoms with van der Waals surface area (Å²) in [6.45, 7) is 16.1. The molecule has 3 N–H and O–H groups in total. The van der Waals surface area contributed by atoms with Crippen molar-refractivity contribution in [2.75, 3.05) is 42.1 Å². The first-order valence-corrected chi connectivity index (χ1v) is 40.7. The van der Waals surface area contributed by atoms with E-state index in [0.717, 1.165) is 129 Å². The van der Waals surface area contributed by atoms with E-state index in [-0.39, 0.29) is 89.5 Å². The molecular weight excluding hydrogens is 1560 g/mol. The van der Waals surface area contributed by atoms with Crippen molar-refractivity contribution in [2.45, 2.75) is 148 Å². The molecule has 0 radical (unpaired) electrons. The van der Waals surface area contributed by atoms with Crippen LogP contribution in [0.15, 0.2) is 166 Å². The van der Waals surface area contributed by atoms with Gasteiger partial charge >= 0.3 is 0 Å². The number of amides is 4. The van der Waals surface area contributed by atoms with Gasteiger partial charge in [0.25, 0.3) is 23.6 Å². The van der Waals surface area contributed by atoms with Gasteiger partial charge in [-0.05, 0) is 177 Å². The van der Waals surface area contributed by atoms with Crippen LogP contribution in [-0.2, 0) is 0 Å². The number of hydrogen-bond acceptors (Lipinski definition) is 27. The number of anilines is 3. The van der Waals surface area contributed by atoms with Gasteiger partial charge in [0.1, 0.15) is 40.6 Å². The zero-order valence-electron chi connectivity index (χ0n) is 68.0. The third-order valence-corrected chi connectivity index (χ3v) is 23.6. The van der Waals surface area contributed by atoms with Gasteiger partial charge in [0.05, 0.1) is 144 Å². The molecule has 4 amide bonds. The molecule has 4 aliphatic heterocycles. The summed E-state index contributed by atoms with van der Waals surface area (Å²) in [6, 6.07) is 16.8. The largest absolute Gasteiger partial charge is 0.472 e. The first kappa shape index (κ1) is 80.6. The molecule has 4 saturated heterocycles. The fraction of sp³-hybridized carbons (Fsp3) is 0.352. The molecular formula is C88H87F3N26O5. The van der Waals surface area contributed by atoms with Crippen LogP contribution in [0.3, 0.4) is 0 Å². The number of aromatic nitrogens is 19. The molecule has 12 aromatic heterocycles. The number of aryl methyl sites for hydroxylation is 7. The summed E-state index contributed by atoms with van der Waals surface area (Å²) in [5.74, 6) is 3.81. The Kier molecular flexibility index (Phi) is 23.0. The van der Waals surface area contributed by atoms with Crippen LogP contribution in [0, 0.1) is 89.6 Å². The van der Waals surface area contributed by atoms with Crippen molar-refractivity contribution < 1.29 is 37.1 Å². The fourth-order valence-electron chi connectivity index (χ4n) is 18.2. The van der Waals surface area contributed by atoms with Crippen LogP contribution in [-0.4, -0.2) is 212 Å². The first-order valence-electron chi connectivity index (χ1n) is 40.7. The predicted molar refractivity (Wildman–Crippen MR) is 441 cm³/mol. The Hall–Kier alpha value is -13.8. The van der Waals surface area contributed by atoms with E-state index in [0.29, 0.717) is 123 Å². The topological polar surface area (TPSA) is 371 Å². The molecule has 34 heteroatoms. The highest BCUT2D eigenvalue weighted by Crippen LogP contribution is 2.45. The summed E-state index contributed by atoms with van der Waals surface area (Å²) >= 11 is 0. The molecule has 12 atom stereocenters. The number of piperidine rings is 4. The van der Waals surface area contributed by atoms with Crippen LogP contribution < -0.4 is 20.7 Å². The Balaban J connectivity index is 0.000000116. The zero-order chi connectivity index (χ0) is 84.4. The van der Waals surface area contributed by atoms with Crippen LogP contribution in [0.4, 0.5) is 30.6 Å². The van der Waals surface area contributed by atoms with Crippen molar-refractivity contribution >= 4 is 41.1 Å². The SMILES string of the molecule is Cc1ccc(OC2CC3CC2N(C(=O)c2c(-c4ncccn4)ccnc2C)C3)nc1.Cc1cnc(-c2ncc(F)cn2)c(C(=O)N2CC3CC(Nc4cnc(C)cn4)C2C3)c1.Cc1cnc(NC2CC3CC2N(C(=O)c2ccc(C)nc2-c2ncc(F)cn2)C3)cn1.Cc1cnc(NC2CC3CC2N(C(=O)c2cccnc2-c2ncc(F)cn2)C3)cn1. The van der Waals surface area contributed by atoms with Gasteiger partial charge in [-0.2, -0.15) is 0 Å².